The molecule has 11 heteroatoms. The van der Waals surface area contributed by atoms with Crippen molar-refractivity contribution < 1.29 is 24.0 Å². The van der Waals surface area contributed by atoms with E-state index in [1.54, 1.807) is 17.3 Å². The monoisotopic (exact) mass is 622 g/mol. The van der Waals surface area contributed by atoms with Gasteiger partial charge in [-0.1, -0.05) is 66.7 Å². The van der Waals surface area contributed by atoms with E-state index >= 15 is 0 Å². The number of Topliss-reactive ketones (excluding diaryl/α,β-unsaturated/α-hetero) is 1. The lowest BCUT2D eigenvalue weighted by Gasteiger charge is -2.41. The van der Waals surface area contributed by atoms with E-state index < -0.39 is 52.7 Å². The highest BCUT2D eigenvalue weighted by Gasteiger charge is 2.70. The number of nitrogens with two attached hydrogens (primary N) is 1. The highest BCUT2D eigenvalue weighted by molar-refractivity contribution is 6.37. The third-order valence-electron chi connectivity index (χ3n) is 10.8. The van der Waals surface area contributed by atoms with Gasteiger partial charge in [-0.2, -0.15) is 0 Å². The zero-order chi connectivity index (χ0) is 32.7. The third kappa shape index (κ3) is 7.17. The van der Waals surface area contributed by atoms with E-state index in [0.717, 1.165) is 50.5 Å². The fourth-order valence-corrected chi connectivity index (χ4v) is 7.85. The van der Waals surface area contributed by atoms with Gasteiger partial charge in [-0.25, -0.2) is 4.79 Å². The largest absolute Gasteiger partial charge is 0.363 e. The molecule has 5 atom stereocenters. The molecule has 1 aromatic heterocycles. The Morgan fingerprint density at radius 1 is 1.02 bits per heavy atom. The van der Waals surface area contributed by atoms with Crippen molar-refractivity contribution in [2.24, 2.45) is 34.3 Å². The highest BCUT2D eigenvalue weighted by atomic mass is 16.2. The van der Waals surface area contributed by atoms with E-state index in [1.807, 2.05) is 32.9 Å². The van der Waals surface area contributed by atoms with Crippen molar-refractivity contribution in [2.45, 2.75) is 116 Å². The summed E-state index contributed by atoms with van der Waals surface area (Å²) in [5.41, 5.74) is 5.18. The van der Waals surface area contributed by atoms with Gasteiger partial charge in [0.2, 0.25) is 17.6 Å². The second kappa shape index (κ2) is 12.4. The van der Waals surface area contributed by atoms with Gasteiger partial charge in [-0.15, -0.1) is 0 Å². The fraction of sp³-hybridized carbons (Fsp3) is 0.706. The van der Waals surface area contributed by atoms with Crippen molar-refractivity contribution in [1.29, 1.82) is 0 Å². The quantitative estimate of drug-likeness (QED) is 0.277. The number of fused-ring (bicyclic) bond motifs is 1. The average molecular weight is 623 g/mol. The first-order valence-electron chi connectivity index (χ1n) is 16.5. The van der Waals surface area contributed by atoms with Crippen molar-refractivity contribution in [3.8, 4) is 0 Å². The summed E-state index contributed by atoms with van der Waals surface area (Å²) in [6.45, 7) is 10.2. The molecule has 5 rings (SSSR count). The van der Waals surface area contributed by atoms with Gasteiger partial charge in [-0.3, -0.25) is 24.2 Å². The Kier molecular flexibility index (Phi) is 9.03. The Labute approximate surface area is 266 Å². The van der Waals surface area contributed by atoms with Crippen LogP contribution in [0.15, 0.2) is 24.5 Å². The number of carbonyl (C=O) groups excluding carboxylic acids is 5. The van der Waals surface area contributed by atoms with Crippen LogP contribution in [0.3, 0.4) is 0 Å². The molecule has 5 amide bonds. The van der Waals surface area contributed by atoms with Crippen LogP contribution in [0.2, 0.25) is 0 Å². The molecule has 4 aliphatic rings. The van der Waals surface area contributed by atoms with E-state index in [1.165, 1.54) is 0 Å². The van der Waals surface area contributed by atoms with Gasteiger partial charge in [0.25, 0.3) is 5.91 Å². The number of ketones is 1. The first kappa shape index (κ1) is 32.9. The Morgan fingerprint density at radius 3 is 2.24 bits per heavy atom. The van der Waals surface area contributed by atoms with Gasteiger partial charge in [0.05, 0.1) is 6.04 Å². The summed E-state index contributed by atoms with van der Waals surface area (Å²) in [6, 6.07) is 0.816. The number of hydrogen-bond donors (Lipinski definition) is 4. The van der Waals surface area contributed by atoms with Crippen LogP contribution in [0.5, 0.6) is 0 Å². The predicted octanol–water partition coefficient (Wildman–Crippen LogP) is 2.86. The minimum absolute atomic E-state index is 0.0907. The van der Waals surface area contributed by atoms with Crippen LogP contribution in [0.25, 0.3) is 0 Å². The molecule has 246 valence electrons. The van der Waals surface area contributed by atoms with Gasteiger partial charge in [0.1, 0.15) is 12.1 Å². The standard InChI is InChI=1S/C34H50N6O5/c1-32(2,3)27(38-31(45)39-34(13-7-6-8-14-34)18-21-11-15-36-16-12-21)30(44)40-19-22-24(33(22,4)5)25(40)29(43)37-23(17-20-9-10-20)26(41)28(35)42/h11-12,15-16,20,22-25,27H,6-10,13-14,17-19H2,1-5H3,(H2,35,42)(H,37,43)(H2,38,39,45)/t22?,23?,24-,25-,27+/m0/s1. The van der Waals surface area contributed by atoms with Crippen molar-refractivity contribution in [3.05, 3.63) is 30.1 Å². The van der Waals surface area contributed by atoms with Crippen molar-refractivity contribution in [1.82, 2.24) is 25.8 Å². The molecular formula is C34H50N6O5. The van der Waals surface area contributed by atoms with Crippen LogP contribution in [-0.4, -0.2) is 69.6 Å². The molecule has 4 fully saturated rings. The number of carbonyl (C=O) groups is 5. The second-order valence-corrected chi connectivity index (χ2v) is 15.6. The van der Waals surface area contributed by atoms with E-state index in [9.17, 15) is 24.0 Å². The molecule has 0 radical (unpaired) electrons. The van der Waals surface area contributed by atoms with Crippen molar-refractivity contribution in [2.75, 3.05) is 6.54 Å². The third-order valence-corrected chi connectivity index (χ3v) is 10.8. The molecule has 3 saturated carbocycles. The van der Waals surface area contributed by atoms with Crippen LogP contribution >= 0.6 is 0 Å². The Bertz CT molecular complexity index is 1310. The molecule has 0 spiro atoms. The normalized spacial score (nSPS) is 26.2. The molecule has 1 aromatic rings. The Balaban J connectivity index is 1.33. The number of likely N-dealkylation sites (tertiary alicyclic amines) is 1. The molecule has 2 unspecified atom stereocenters. The molecule has 3 aliphatic carbocycles. The summed E-state index contributed by atoms with van der Waals surface area (Å²) in [5.74, 6) is -2.37. The number of aromatic nitrogens is 1. The van der Waals surface area contributed by atoms with Gasteiger partial charge in [0, 0.05) is 24.5 Å². The fourth-order valence-electron chi connectivity index (χ4n) is 7.85. The van der Waals surface area contributed by atoms with Crippen molar-refractivity contribution >= 4 is 29.5 Å². The maximum atomic E-state index is 14.4. The molecule has 1 aliphatic heterocycles. The summed E-state index contributed by atoms with van der Waals surface area (Å²) >= 11 is 0. The lowest BCUT2D eigenvalue weighted by molar-refractivity contribution is -0.145. The van der Waals surface area contributed by atoms with E-state index in [-0.39, 0.29) is 29.1 Å². The number of pyridine rings is 1. The van der Waals surface area contributed by atoms with Gasteiger partial charge >= 0.3 is 6.03 Å². The summed E-state index contributed by atoms with van der Waals surface area (Å²) in [7, 11) is 0. The first-order valence-corrected chi connectivity index (χ1v) is 16.5. The zero-order valence-electron chi connectivity index (χ0n) is 27.4. The number of rotatable bonds is 11. The Morgan fingerprint density at radius 2 is 1.67 bits per heavy atom. The number of primary amides is 1. The van der Waals surface area contributed by atoms with Crippen LogP contribution in [0, 0.1) is 28.6 Å². The van der Waals surface area contributed by atoms with Crippen LogP contribution in [0.1, 0.15) is 91.5 Å². The lowest BCUT2D eigenvalue weighted by atomic mass is 9.77. The number of urea groups is 1. The highest BCUT2D eigenvalue weighted by Crippen LogP contribution is 2.65. The number of nitrogens with one attached hydrogen (secondary N) is 3. The van der Waals surface area contributed by atoms with Crippen molar-refractivity contribution in [3.63, 3.8) is 0 Å². The van der Waals surface area contributed by atoms with Gasteiger partial charge < -0.3 is 26.6 Å². The molecule has 5 N–H and O–H groups in total. The molecule has 0 aromatic carbocycles. The molecule has 2 heterocycles. The topological polar surface area (TPSA) is 164 Å². The molecule has 1 saturated heterocycles. The number of hydrogen-bond acceptors (Lipinski definition) is 6. The van der Waals surface area contributed by atoms with Crippen LogP contribution in [-0.2, 0) is 25.6 Å². The molecule has 0 bridgehead atoms. The minimum Gasteiger partial charge on any atom is -0.363 e. The Hall–Kier alpha value is -3.50. The van der Waals surface area contributed by atoms with Gasteiger partial charge in [-0.05, 0) is 72.0 Å². The second-order valence-electron chi connectivity index (χ2n) is 15.6. The van der Waals surface area contributed by atoms with Crippen LogP contribution < -0.4 is 21.7 Å². The maximum Gasteiger partial charge on any atom is 0.315 e. The molecule has 45 heavy (non-hydrogen) atoms. The van der Waals surface area contributed by atoms with E-state index in [0.29, 0.717) is 19.4 Å². The number of amides is 5. The smallest absolute Gasteiger partial charge is 0.315 e. The lowest BCUT2D eigenvalue weighted by Crippen LogP contribution is -2.63. The predicted molar refractivity (Wildman–Crippen MR) is 168 cm³/mol. The maximum absolute atomic E-state index is 14.4. The minimum atomic E-state index is -1.08. The van der Waals surface area contributed by atoms with Gasteiger partial charge in [0.15, 0.2) is 0 Å². The summed E-state index contributed by atoms with van der Waals surface area (Å²) in [4.78, 5) is 72.0. The van der Waals surface area contributed by atoms with E-state index in [4.69, 9.17) is 5.73 Å². The number of nitrogens with zero attached hydrogens (tertiary/aromatic N) is 2. The summed E-state index contributed by atoms with van der Waals surface area (Å²) < 4.78 is 0. The summed E-state index contributed by atoms with van der Waals surface area (Å²) in [5, 5.41) is 9.08. The number of piperidine rings is 1. The van der Waals surface area contributed by atoms with Crippen LogP contribution in [0.4, 0.5) is 4.79 Å². The zero-order valence-corrected chi connectivity index (χ0v) is 27.4. The SMILES string of the molecule is CC(C)(C)[C@H](NC(=O)NC1(Cc2ccncc2)CCCCC1)C(=O)N1CC2[C@@H]([C@H]1C(=O)NC(CC1CC1)C(=O)C(N)=O)C2(C)C. The average Bonchev–Trinajstić information content (AvgIpc) is 3.82. The van der Waals surface area contributed by atoms with E-state index in [2.05, 4.69) is 34.8 Å². The summed E-state index contributed by atoms with van der Waals surface area (Å²) in [6.07, 6.45) is 11.3. The first-order chi connectivity index (χ1) is 21.1. The molecule has 11 nitrogen and oxygen atoms in total. The molecular weight excluding hydrogens is 572 g/mol.